The molecule has 0 heterocycles. The van der Waals surface area contributed by atoms with E-state index in [2.05, 4.69) is 5.32 Å². The van der Waals surface area contributed by atoms with E-state index in [1.165, 1.54) is 29.2 Å². The summed E-state index contributed by atoms with van der Waals surface area (Å²) in [6.07, 6.45) is 0.704. The Kier molecular flexibility index (Phi) is 11.1. The van der Waals surface area contributed by atoms with Crippen LogP contribution in [-0.2, 0) is 26.2 Å². The van der Waals surface area contributed by atoms with E-state index in [4.69, 9.17) is 34.8 Å². The van der Waals surface area contributed by atoms with Gasteiger partial charge in [-0.25, -0.2) is 8.42 Å². The number of anilines is 1. The molecule has 0 aliphatic heterocycles. The Balaban J connectivity index is 2.07. The first kappa shape index (κ1) is 32.7. The van der Waals surface area contributed by atoms with Crippen molar-refractivity contribution in [2.75, 3.05) is 10.8 Å². The van der Waals surface area contributed by atoms with Crippen LogP contribution in [0.3, 0.4) is 0 Å². The van der Waals surface area contributed by atoms with E-state index in [1.807, 2.05) is 27.7 Å². The largest absolute Gasteiger partial charge is 0.352 e. The molecule has 0 bridgehead atoms. The third-order valence-corrected chi connectivity index (χ3v) is 9.61. The van der Waals surface area contributed by atoms with Crippen molar-refractivity contribution >= 4 is 62.3 Å². The first-order valence-corrected chi connectivity index (χ1v) is 15.7. The molecule has 3 rings (SSSR count). The average Bonchev–Trinajstić information content (AvgIpc) is 2.92. The minimum absolute atomic E-state index is 0.0252. The molecule has 0 fully saturated rings. The summed E-state index contributed by atoms with van der Waals surface area (Å²) in [5, 5.41) is 4.03. The Labute approximate surface area is 257 Å². The average molecular weight is 639 g/mol. The van der Waals surface area contributed by atoms with Gasteiger partial charge in [-0.1, -0.05) is 53.9 Å². The molecule has 0 aromatic heterocycles. The molecular formula is C30H34Cl3N3O4S. The third kappa shape index (κ3) is 8.16. The van der Waals surface area contributed by atoms with E-state index >= 15 is 0 Å². The van der Waals surface area contributed by atoms with Crippen LogP contribution in [0.4, 0.5) is 5.69 Å². The van der Waals surface area contributed by atoms with Crippen molar-refractivity contribution in [3.05, 3.63) is 92.4 Å². The molecule has 0 aliphatic carbocycles. The molecule has 0 aliphatic rings. The van der Waals surface area contributed by atoms with E-state index in [0.29, 0.717) is 32.7 Å². The third-order valence-electron chi connectivity index (χ3n) is 6.98. The lowest BCUT2D eigenvalue weighted by Gasteiger charge is -2.32. The molecule has 220 valence electrons. The van der Waals surface area contributed by atoms with Crippen molar-refractivity contribution in [3.8, 4) is 0 Å². The second-order valence-corrected chi connectivity index (χ2v) is 13.1. The molecule has 2 amide bonds. The quantitative estimate of drug-likeness (QED) is 0.251. The van der Waals surface area contributed by atoms with Crippen LogP contribution in [0.25, 0.3) is 0 Å². The fourth-order valence-electron chi connectivity index (χ4n) is 4.02. The summed E-state index contributed by atoms with van der Waals surface area (Å²) in [7, 11) is -4.20. The molecule has 0 radical (unpaired) electrons. The number of halogens is 3. The highest BCUT2D eigenvalue weighted by Crippen LogP contribution is 2.28. The SMILES string of the molecule is CC[C@H](C)NC(=O)[C@@H](C)N(Cc1ccc(Cl)cc1Cl)C(=O)CN(c1ccc(C)c(C)c1)S(=O)(=O)c1ccc(Cl)cc1. The predicted octanol–water partition coefficient (Wildman–Crippen LogP) is 6.79. The van der Waals surface area contributed by atoms with Crippen LogP contribution >= 0.6 is 34.8 Å². The molecule has 0 saturated heterocycles. The van der Waals surface area contributed by atoms with E-state index in [1.54, 1.807) is 43.3 Å². The number of carbonyl (C=O) groups is 2. The summed E-state index contributed by atoms with van der Waals surface area (Å²) < 4.78 is 28.9. The van der Waals surface area contributed by atoms with E-state index in [-0.39, 0.29) is 23.4 Å². The highest BCUT2D eigenvalue weighted by molar-refractivity contribution is 7.92. The number of amides is 2. The summed E-state index contributed by atoms with van der Waals surface area (Å²) in [6, 6.07) is 14.7. The van der Waals surface area contributed by atoms with Crippen molar-refractivity contribution in [3.63, 3.8) is 0 Å². The summed E-state index contributed by atoms with van der Waals surface area (Å²) in [5.41, 5.74) is 2.71. The zero-order valence-electron chi connectivity index (χ0n) is 23.6. The first-order chi connectivity index (χ1) is 19.2. The molecule has 11 heteroatoms. The fourth-order valence-corrected chi connectivity index (χ4v) is 6.03. The zero-order chi connectivity index (χ0) is 30.5. The summed E-state index contributed by atoms with van der Waals surface area (Å²) in [4.78, 5) is 28.5. The van der Waals surface area contributed by atoms with Crippen molar-refractivity contribution in [1.29, 1.82) is 0 Å². The van der Waals surface area contributed by atoms with E-state index in [9.17, 15) is 18.0 Å². The van der Waals surface area contributed by atoms with Crippen molar-refractivity contribution < 1.29 is 18.0 Å². The lowest BCUT2D eigenvalue weighted by molar-refractivity contribution is -0.139. The Hall–Kier alpha value is -2.78. The number of hydrogen-bond donors (Lipinski definition) is 1. The lowest BCUT2D eigenvalue weighted by Crippen LogP contribution is -2.52. The van der Waals surface area contributed by atoms with Gasteiger partial charge in [-0.3, -0.25) is 13.9 Å². The Bertz CT molecular complexity index is 1510. The maximum atomic E-state index is 14.0. The predicted molar refractivity (Wildman–Crippen MR) is 166 cm³/mol. The van der Waals surface area contributed by atoms with Gasteiger partial charge in [-0.05, 0) is 99.3 Å². The van der Waals surface area contributed by atoms with Crippen molar-refractivity contribution in [2.45, 2.75) is 64.6 Å². The molecular weight excluding hydrogens is 605 g/mol. The number of aryl methyl sites for hydroxylation is 2. The number of rotatable bonds is 11. The van der Waals surface area contributed by atoms with Gasteiger partial charge in [0, 0.05) is 27.7 Å². The van der Waals surface area contributed by atoms with Gasteiger partial charge in [0.25, 0.3) is 10.0 Å². The Morgan fingerprint density at radius 2 is 1.51 bits per heavy atom. The molecule has 3 aromatic rings. The number of nitrogens with zero attached hydrogens (tertiary/aromatic N) is 2. The topological polar surface area (TPSA) is 86.8 Å². The van der Waals surface area contributed by atoms with Crippen LogP contribution < -0.4 is 9.62 Å². The van der Waals surface area contributed by atoms with Gasteiger partial charge in [-0.2, -0.15) is 0 Å². The molecule has 7 nitrogen and oxygen atoms in total. The van der Waals surface area contributed by atoms with E-state index in [0.717, 1.165) is 15.4 Å². The Morgan fingerprint density at radius 3 is 2.10 bits per heavy atom. The minimum Gasteiger partial charge on any atom is -0.352 e. The Morgan fingerprint density at radius 1 is 0.878 bits per heavy atom. The maximum Gasteiger partial charge on any atom is 0.264 e. The standard InChI is InChI=1S/C30H34Cl3N3O4S/c1-6-21(4)34-30(38)22(5)35(17-23-8-9-25(32)16-28(23)33)29(37)18-36(26-12-7-19(2)20(3)15-26)41(39,40)27-13-10-24(31)11-14-27/h7-16,21-22H,6,17-18H2,1-5H3,(H,34,38)/t21-,22+/m0/s1. The monoisotopic (exact) mass is 637 g/mol. The fraction of sp³-hybridized carbons (Fsp3) is 0.333. The minimum atomic E-state index is -4.20. The normalized spacial score (nSPS) is 12.9. The summed E-state index contributed by atoms with van der Waals surface area (Å²) in [6.45, 7) is 8.60. The number of hydrogen-bond acceptors (Lipinski definition) is 4. The van der Waals surface area contributed by atoms with Crippen LogP contribution in [0, 0.1) is 13.8 Å². The van der Waals surface area contributed by atoms with Gasteiger partial charge in [0.05, 0.1) is 10.6 Å². The van der Waals surface area contributed by atoms with Crippen LogP contribution in [0.15, 0.2) is 65.6 Å². The lowest BCUT2D eigenvalue weighted by atomic mass is 10.1. The van der Waals surface area contributed by atoms with Gasteiger partial charge in [0.15, 0.2) is 0 Å². The number of benzene rings is 3. The number of sulfonamides is 1. The van der Waals surface area contributed by atoms with Gasteiger partial charge in [0.1, 0.15) is 12.6 Å². The smallest absolute Gasteiger partial charge is 0.264 e. The van der Waals surface area contributed by atoms with Gasteiger partial charge < -0.3 is 10.2 Å². The highest BCUT2D eigenvalue weighted by Gasteiger charge is 2.33. The van der Waals surface area contributed by atoms with Gasteiger partial charge in [0.2, 0.25) is 11.8 Å². The summed E-state index contributed by atoms with van der Waals surface area (Å²) >= 11 is 18.5. The van der Waals surface area contributed by atoms with Gasteiger partial charge >= 0.3 is 0 Å². The summed E-state index contributed by atoms with van der Waals surface area (Å²) in [5.74, 6) is -0.949. The zero-order valence-corrected chi connectivity index (χ0v) is 26.7. The van der Waals surface area contributed by atoms with Crippen molar-refractivity contribution in [2.24, 2.45) is 0 Å². The van der Waals surface area contributed by atoms with Crippen LogP contribution in [0.1, 0.15) is 43.9 Å². The van der Waals surface area contributed by atoms with E-state index < -0.39 is 28.5 Å². The number of carbonyl (C=O) groups excluding carboxylic acids is 2. The second-order valence-electron chi connectivity index (χ2n) is 9.99. The molecule has 2 atom stereocenters. The highest BCUT2D eigenvalue weighted by atomic mass is 35.5. The molecule has 0 saturated carbocycles. The van der Waals surface area contributed by atoms with Crippen LogP contribution in [0.5, 0.6) is 0 Å². The van der Waals surface area contributed by atoms with Crippen LogP contribution in [-0.4, -0.2) is 43.8 Å². The molecule has 3 aromatic carbocycles. The molecule has 0 spiro atoms. The first-order valence-electron chi connectivity index (χ1n) is 13.1. The molecule has 41 heavy (non-hydrogen) atoms. The van der Waals surface area contributed by atoms with Crippen LogP contribution in [0.2, 0.25) is 15.1 Å². The molecule has 1 N–H and O–H groups in total. The second kappa shape index (κ2) is 13.9. The molecule has 0 unspecified atom stereocenters. The van der Waals surface area contributed by atoms with Gasteiger partial charge in [-0.15, -0.1) is 0 Å². The maximum absolute atomic E-state index is 14.0. The van der Waals surface area contributed by atoms with Crippen molar-refractivity contribution in [1.82, 2.24) is 10.2 Å². The number of nitrogens with one attached hydrogen (secondary N) is 1.